The summed E-state index contributed by atoms with van der Waals surface area (Å²) in [6.45, 7) is 6.37. The van der Waals surface area contributed by atoms with Gasteiger partial charge in [-0.05, 0) is 19.9 Å². The Balaban J connectivity index is 1.79. The van der Waals surface area contributed by atoms with E-state index in [0.717, 1.165) is 13.1 Å². The van der Waals surface area contributed by atoms with Gasteiger partial charge in [0.25, 0.3) is 0 Å². The molecule has 3 aliphatic rings. The lowest BCUT2D eigenvalue weighted by Crippen LogP contribution is -2.38. The van der Waals surface area contributed by atoms with E-state index in [-0.39, 0.29) is 5.88 Å². The third kappa shape index (κ3) is 2.96. The molecule has 0 saturated carbocycles. The molecule has 0 spiro atoms. The maximum Gasteiger partial charge on any atom is 0.433 e. The van der Waals surface area contributed by atoms with Crippen LogP contribution in [-0.4, -0.2) is 57.7 Å². The molecule has 0 atom stereocenters. The highest BCUT2D eigenvalue weighted by Gasteiger charge is 2.35. The number of hydrogen-bond acceptors (Lipinski definition) is 10. The SMILES string of the molecule is CC1=NN2C(=CN3CCOCC3)N=C(c3ccc([N+](=O)[O-])o3)C(C)=C2N1N. The zero-order valence-corrected chi connectivity index (χ0v) is 15.0. The van der Waals surface area contributed by atoms with Gasteiger partial charge < -0.3 is 14.1 Å². The average molecular weight is 373 g/mol. The number of hydrazone groups is 1. The van der Waals surface area contributed by atoms with Gasteiger partial charge >= 0.3 is 5.88 Å². The minimum Gasteiger partial charge on any atom is -0.399 e. The van der Waals surface area contributed by atoms with Crippen molar-refractivity contribution in [3.8, 4) is 0 Å². The molecule has 0 aliphatic carbocycles. The molecular weight excluding hydrogens is 354 g/mol. The number of ether oxygens (including phenoxy) is 1. The Bertz CT molecular complexity index is 908. The molecule has 142 valence electrons. The fourth-order valence-corrected chi connectivity index (χ4v) is 3.09. The van der Waals surface area contributed by atoms with Crippen molar-refractivity contribution < 1.29 is 14.1 Å². The van der Waals surface area contributed by atoms with Crippen LogP contribution in [0.5, 0.6) is 0 Å². The van der Waals surface area contributed by atoms with Crippen LogP contribution < -0.4 is 5.84 Å². The van der Waals surface area contributed by atoms with Gasteiger partial charge in [0.05, 0.1) is 19.3 Å². The Morgan fingerprint density at radius 3 is 2.70 bits per heavy atom. The predicted molar refractivity (Wildman–Crippen MR) is 96.0 cm³/mol. The minimum atomic E-state index is -0.579. The van der Waals surface area contributed by atoms with Gasteiger partial charge in [0.2, 0.25) is 0 Å². The van der Waals surface area contributed by atoms with Gasteiger partial charge in [0, 0.05) is 24.9 Å². The van der Waals surface area contributed by atoms with Crippen molar-refractivity contribution in [3.63, 3.8) is 0 Å². The number of hydrogen-bond donors (Lipinski definition) is 1. The molecule has 2 N–H and O–H groups in total. The molecule has 1 aromatic rings. The van der Waals surface area contributed by atoms with Crippen molar-refractivity contribution in [1.82, 2.24) is 14.9 Å². The Labute approximate surface area is 154 Å². The monoisotopic (exact) mass is 373 g/mol. The van der Waals surface area contributed by atoms with Crippen molar-refractivity contribution in [2.75, 3.05) is 26.3 Å². The first kappa shape index (κ1) is 17.2. The quantitative estimate of drug-likeness (QED) is 0.475. The summed E-state index contributed by atoms with van der Waals surface area (Å²) < 4.78 is 10.7. The van der Waals surface area contributed by atoms with E-state index >= 15 is 0 Å². The minimum absolute atomic E-state index is 0.303. The van der Waals surface area contributed by atoms with Gasteiger partial charge in [0.15, 0.2) is 17.4 Å². The number of nitrogens with two attached hydrogens (primary N) is 1. The third-order valence-corrected chi connectivity index (χ3v) is 4.51. The van der Waals surface area contributed by atoms with Gasteiger partial charge in [0.1, 0.15) is 16.5 Å². The van der Waals surface area contributed by atoms with Crippen molar-refractivity contribution >= 4 is 17.4 Å². The number of aliphatic imine (C=N–C) groups is 1. The highest BCUT2D eigenvalue weighted by molar-refractivity contribution is 6.12. The number of rotatable bonds is 3. The molecule has 1 saturated heterocycles. The highest BCUT2D eigenvalue weighted by Crippen LogP contribution is 2.33. The van der Waals surface area contributed by atoms with Crippen LogP contribution in [0.2, 0.25) is 0 Å². The number of hydrazine groups is 1. The topological polar surface area (TPSA) is 126 Å². The van der Waals surface area contributed by atoms with E-state index < -0.39 is 4.92 Å². The van der Waals surface area contributed by atoms with E-state index in [1.165, 1.54) is 17.1 Å². The van der Waals surface area contributed by atoms with Gasteiger partial charge in [-0.1, -0.05) is 0 Å². The van der Waals surface area contributed by atoms with E-state index in [4.69, 9.17) is 15.0 Å². The van der Waals surface area contributed by atoms with Crippen LogP contribution in [0, 0.1) is 10.1 Å². The van der Waals surface area contributed by atoms with Gasteiger partial charge in [-0.15, -0.1) is 0 Å². The van der Waals surface area contributed by atoms with E-state index in [1.807, 2.05) is 13.1 Å². The molecule has 11 nitrogen and oxygen atoms in total. The summed E-state index contributed by atoms with van der Waals surface area (Å²) in [7, 11) is 0. The fraction of sp³-hybridized carbons (Fsp3) is 0.375. The van der Waals surface area contributed by atoms with Crippen LogP contribution in [0.15, 0.2) is 50.1 Å². The van der Waals surface area contributed by atoms with E-state index in [9.17, 15) is 10.1 Å². The van der Waals surface area contributed by atoms with E-state index in [1.54, 1.807) is 11.9 Å². The van der Waals surface area contributed by atoms with Crippen LogP contribution in [0.3, 0.4) is 0 Å². The molecule has 4 heterocycles. The molecule has 4 rings (SSSR count). The zero-order chi connectivity index (χ0) is 19.1. The molecule has 0 bridgehead atoms. The molecule has 0 amide bonds. The lowest BCUT2D eigenvalue weighted by atomic mass is 10.1. The zero-order valence-electron chi connectivity index (χ0n) is 15.0. The summed E-state index contributed by atoms with van der Waals surface area (Å²) in [4.78, 5) is 17.1. The molecule has 1 fully saturated rings. The Kier molecular flexibility index (Phi) is 4.16. The van der Waals surface area contributed by atoms with Crippen LogP contribution >= 0.6 is 0 Å². The summed E-state index contributed by atoms with van der Waals surface area (Å²) in [6.07, 6.45) is 1.89. The first-order valence-corrected chi connectivity index (χ1v) is 8.44. The van der Waals surface area contributed by atoms with Gasteiger partial charge in [-0.25, -0.2) is 15.8 Å². The average Bonchev–Trinajstić information content (AvgIpc) is 3.25. The predicted octanol–water partition coefficient (Wildman–Crippen LogP) is 1.18. The molecular formula is C16H19N7O4. The second-order valence-electron chi connectivity index (χ2n) is 6.27. The normalized spacial score (nSPS) is 21.6. The number of nitro groups is 1. The molecule has 3 aliphatic heterocycles. The summed E-state index contributed by atoms with van der Waals surface area (Å²) >= 11 is 0. The van der Waals surface area contributed by atoms with Crippen molar-refractivity contribution in [2.24, 2.45) is 15.9 Å². The lowest BCUT2D eigenvalue weighted by molar-refractivity contribution is -0.402. The third-order valence-electron chi connectivity index (χ3n) is 4.51. The van der Waals surface area contributed by atoms with Crippen LogP contribution in [0.4, 0.5) is 5.88 Å². The Morgan fingerprint density at radius 1 is 1.30 bits per heavy atom. The summed E-state index contributed by atoms with van der Waals surface area (Å²) in [5.74, 6) is 7.93. The van der Waals surface area contributed by atoms with Crippen LogP contribution in [-0.2, 0) is 4.74 Å². The van der Waals surface area contributed by atoms with Crippen LogP contribution in [0.1, 0.15) is 19.6 Å². The van der Waals surface area contributed by atoms with Crippen molar-refractivity contribution in [3.05, 3.63) is 51.4 Å². The maximum absolute atomic E-state index is 11.0. The van der Waals surface area contributed by atoms with Crippen molar-refractivity contribution in [1.29, 1.82) is 0 Å². The number of amidine groups is 1. The number of fused-ring (bicyclic) bond motifs is 1. The van der Waals surface area contributed by atoms with Crippen molar-refractivity contribution in [2.45, 2.75) is 13.8 Å². The fourth-order valence-electron chi connectivity index (χ4n) is 3.09. The van der Waals surface area contributed by atoms with Gasteiger partial charge in [-0.3, -0.25) is 10.1 Å². The number of furan rings is 1. The number of morpholine rings is 1. The Hall–Kier alpha value is -3.18. The van der Waals surface area contributed by atoms with E-state index in [0.29, 0.717) is 47.7 Å². The number of nitrogens with zero attached hydrogens (tertiary/aromatic N) is 6. The first-order chi connectivity index (χ1) is 13.0. The summed E-state index contributed by atoms with van der Waals surface area (Å²) in [5, 5.41) is 18.6. The second-order valence-corrected chi connectivity index (χ2v) is 6.27. The first-order valence-electron chi connectivity index (χ1n) is 8.44. The van der Waals surface area contributed by atoms with Gasteiger partial charge in [-0.2, -0.15) is 10.1 Å². The molecule has 0 radical (unpaired) electrons. The molecule has 0 unspecified atom stereocenters. The highest BCUT2D eigenvalue weighted by atomic mass is 16.6. The summed E-state index contributed by atoms with van der Waals surface area (Å²) in [5.41, 5.74) is 1.19. The molecule has 0 aromatic carbocycles. The standard InChI is InChI=1S/C16H19N7O4/c1-10-15(12-3-4-14(27-12)23(24)25)18-13(9-20-5-7-26-8-6-20)22-16(10)21(17)11(2)19-22/h3-4,9H,5-8,17H2,1-2H3. The second kappa shape index (κ2) is 6.52. The lowest BCUT2D eigenvalue weighted by Gasteiger charge is -2.30. The van der Waals surface area contributed by atoms with Crippen LogP contribution in [0.25, 0.3) is 0 Å². The smallest absolute Gasteiger partial charge is 0.399 e. The molecule has 1 aromatic heterocycles. The number of allylic oxidation sites excluding steroid dienone is 1. The maximum atomic E-state index is 11.0. The summed E-state index contributed by atoms with van der Waals surface area (Å²) in [6, 6.07) is 2.84. The van der Waals surface area contributed by atoms with E-state index in [2.05, 4.69) is 15.0 Å². The molecule has 11 heteroatoms. The largest absolute Gasteiger partial charge is 0.433 e. The molecule has 27 heavy (non-hydrogen) atoms. The Morgan fingerprint density at radius 2 is 2.04 bits per heavy atom.